The fourth-order valence-electron chi connectivity index (χ4n) is 2.72. The summed E-state index contributed by atoms with van der Waals surface area (Å²) < 4.78 is 0. The monoisotopic (exact) mass is 318 g/mol. The van der Waals surface area contributed by atoms with Crippen molar-refractivity contribution >= 4 is 34.4 Å². The minimum Gasteiger partial charge on any atom is -0.388 e. The van der Waals surface area contributed by atoms with E-state index in [4.69, 9.17) is 17.0 Å². The van der Waals surface area contributed by atoms with Crippen LogP contribution in [0.1, 0.15) is 18.4 Å². The fourth-order valence-corrected chi connectivity index (χ4v) is 2.86. The van der Waals surface area contributed by atoms with E-state index in [1.807, 2.05) is 12.4 Å². The highest BCUT2D eigenvalue weighted by Crippen LogP contribution is 2.24. The third kappa shape index (κ3) is 3.13. The number of hydrogen-bond acceptors (Lipinski definition) is 5. The summed E-state index contributed by atoms with van der Waals surface area (Å²) in [7, 11) is 2.14. The quantitative estimate of drug-likeness (QED) is 0.756. The predicted octanol–water partition coefficient (Wildman–Crippen LogP) is 2.29. The summed E-state index contributed by atoms with van der Waals surface area (Å²) >= 11 is 5.92. The van der Waals surface area contributed by atoms with Crippen LogP contribution < -0.4 is 5.32 Å². The van der Waals surface area contributed by atoms with E-state index in [-0.39, 0.29) is 0 Å². The Morgan fingerprint density at radius 1 is 1.45 bits per heavy atom. The molecule has 1 fully saturated rings. The Hall–Kier alpha value is -1.92. The van der Waals surface area contributed by atoms with Gasteiger partial charge in [-0.05, 0) is 39.0 Å². The van der Waals surface area contributed by atoms with Gasteiger partial charge < -0.3 is 20.6 Å². The zero-order valence-electron chi connectivity index (χ0n) is 12.4. The lowest BCUT2D eigenvalue weighted by molar-refractivity contribution is 0.244. The van der Waals surface area contributed by atoms with Crippen molar-refractivity contribution < 1.29 is 0 Å². The molecule has 0 spiro atoms. The number of likely N-dealkylation sites (tertiary alicyclic amines) is 1. The van der Waals surface area contributed by atoms with Crippen molar-refractivity contribution in [3.8, 4) is 0 Å². The van der Waals surface area contributed by atoms with Crippen molar-refractivity contribution in [1.29, 1.82) is 5.41 Å². The largest absolute Gasteiger partial charge is 0.388 e. The van der Waals surface area contributed by atoms with Crippen molar-refractivity contribution in [2.24, 2.45) is 0 Å². The molecule has 0 saturated carbocycles. The highest BCUT2D eigenvalue weighted by molar-refractivity contribution is 6.30. The number of aromatic nitrogens is 3. The zero-order valence-corrected chi connectivity index (χ0v) is 13.2. The molecular formula is C15H19ClN6. The second-order valence-corrected chi connectivity index (χ2v) is 6.01. The second-order valence-electron chi connectivity index (χ2n) is 5.62. The minimum atomic E-state index is 0.348. The normalized spacial score (nSPS) is 17.8. The number of aromatic amines is 1. The van der Waals surface area contributed by atoms with Crippen molar-refractivity contribution in [2.45, 2.75) is 18.9 Å². The third-order valence-electron chi connectivity index (χ3n) is 4.07. The Labute approximate surface area is 134 Å². The van der Waals surface area contributed by atoms with E-state index >= 15 is 0 Å². The Morgan fingerprint density at radius 2 is 2.23 bits per heavy atom. The summed E-state index contributed by atoms with van der Waals surface area (Å²) in [5.74, 6) is 0. The maximum Gasteiger partial charge on any atom is 0.160 e. The number of halogens is 1. The van der Waals surface area contributed by atoms with E-state index in [1.165, 1.54) is 6.21 Å². The molecule has 0 aliphatic carbocycles. The number of rotatable bonds is 4. The molecule has 3 heterocycles. The average Bonchev–Trinajstić information content (AvgIpc) is 2.93. The lowest BCUT2D eigenvalue weighted by Crippen LogP contribution is -2.38. The molecule has 1 saturated heterocycles. The Balaban J connectivity index is 1.81. The second kappa shape index (κ2) is 6.46. The predicted molar refractivity (Wildman–Crippen MR) is 89.3 cm³/mol. The van der Waals surface area contributed by atoms with E-state index in [1.54, 1.807) is 6.07 Å². The molecule has 3 N–H and O–H groups in total. The van der Waals surface area contributed by atoms with E-state index in [2.05, 4.69) is 32.4 Å². The number of hydrogen-bond donors (Lipinski definition) is 3. The van der Waals surface area contributed by atoms with Crippen LogP contribution in [0.25, 0.3) is 16.6 Å². The molecule has 7 heteroatoms. The highest BCUT2D eigenvalue weighted by Gasteiger charge is 2.15. The molecule has 2 aromatic rings. The van der Waals surface area contributed by atoms with Crippen LogP contribution in [-0.2, 0) is 0 Å². The molecule has 116 valence electrons. The number of H-pyrrole nitrogens is 1. The van der Waals surface area contributed by atoms with Gasteiger partial charge in [-0.1, -0.05) is 11.6 Å². The van der Waals surface area contributed by atoms with Gasteiger partial charge in [0.25, 0.3) is 0 Å². The minimum absolute atomic E-state index is 0.348. The summed E-state index contributed by atoms with van der Waals surface area (Å²) in [6, 6.07) is 2.22. The molecule has 0 aromatic carbocycles. The fraction of sp³-hybridized carbons (Fsp3) is 0.400. The highest BCUT2D eigenvalue weighted by atomic mass is 35.5. The third-order valence-corrected chi connectivity index (χ3v) is 4.25. The Bertz CT molecular complexity index is 699. The molecular weight excluding hydrogens is 300 g/mol. The molecule has 0 atom stereocenters. The molecule has 3 rings (SSSR count). The van der Waals surface area contributed by atoms with Gasteiger partial charge in [-0.2, -0.15) is 0 Å². The van der Waals surface area contributed by atoms with Gasteiger partial charge in [-0.15, -0.1) is 10.2 Å². The van der Waals surface area contributed by atoms with Gasteiger partial charge in [-0.25, -0.2) is 0 Å². The van der Waals surface area contributed by atoms with E-state index in [0.717, 1.165) is 42.5 Å². The van der Waals surface area contributed by atoms with Crippen LogP contribution in [0, 0.1) is 5.41 Å². The molecule has 1 aliphatic heterocycles. The van der Waals surface area contributed by atoms with Crippen LogP contribution >= 0.6 is 11.6 Å². The first-order chi connectivity index (χ1) is 10.7. The van der Waals surface area contributed by atoms with E-state index in [9.17, 15) is 0 Å². The first-order valence-electron chi connectivity index (χ1n) is 7.33. The first kappa shape index (κ1) is 15.0. The molecule has 2 aromatic heterocycles. The van der Waals surface area contributed by atoms with Crippen molar-refractivity contribution in [1.82, 2.24) is 25.4 Å². The standard InChI is InChI=1S/C15H19ClN6/c1-22-4-2-11(3-5-22)18-8-10(7-17)13-9-19-15-12(13)6-14(16)20-21-15/h6-9,11,17-18H,2-5H2,1H3,(H,19,21)/b10-8+,17-7?. The lowest BCUT2D eigenvalue weighted by Gasteiger charge is -2.29. The van der Waals surface area contributed by atoms with Crippen molar-refractivity contribution in [3.05, 3.63) is 29.2 Å². The summed E-state index contributed by atoms with van der Waals surface area (Å²) in [6.45, 7) is 2.20. The summed E-state index contributed by atoms with van der Waals surface area (Å²) in [5, 5.41) is 20.2. The number of fused-ring (bicyclic) bond motifs is 1. The SMILES string of the molecule is CN1CCC(N/C=C(\C=N)c2c[nH]c3nnc(Cl)cc23)CC1. The number of piperidine rings is 1. The van der Waals surface area contributed by atoms with Crippen molar-refractivity contribution in [3.63, 3.8) is 0 Å². The summed E-state index contributed by atoms with van der Waals surface area (Å²) in [5.41, 5.74) is 2.38. The summed E-state index contributed by atoms with van der Waals surface area (Å²) in [6.07, 6.45) is 7.33. The molecule has 22 heavy (non-hydrogen) atoms. The molecule has 0 amide bonds. The first-order valence-corrected chi connectivity index (χ1v) is 7.71. The van der Waals surface area contributed by atoms with Crippen molar-refractivity contribution in [2.75, 3.05) is 20.1 Å². The maximum atomic E-state index is 7.69. The molecule has 1 aliphatic rings. The van der Waals surface area contributed by atoms with Gasteiger partial charge in [0.05, 0.1) is 0 Å². The maximum absolute atomic E-state index is 7.69. The smallest absolute Gasteiger partial charge is 0.160 e. The van der Waals surface area contributed by atoms with Gasteiger partial charge in [0, 0.05) is 41.2 Å². The van der Waals surface area contributed by atoms with Crippen LogP contribution in [0.3, 0.4) is 0 Å². The topological polar surface area (TPSA) is 80.7 Å². The van der Waals surface area contributed by atoms with E-state index < -0.39 is 0 Å². The molecule has 0 radical (unpaired) electrons. The van der Waals surface area contributed by atoms with Crippen LogP contribution in [0.5, 0.6) is 0 Å². The van der Waals surface area contributed by atoms with Crippen LogP contribution in [0.15, 0.2) is 18.5 Å². The molecule has 0 unspecified atom stereocenters. The number of allylic oxidation sites excluding steroid dienone is 1. The molecule has 0 bridgehead atoms. The van der Waals surface area contributed by atoms with Gasteiger partial charge in [0.15, 0.2) is 10.8 Å². The summed E-state index contributed by atoms with van der Waals surface area (Å²) in [4.78, 5) is 5.40. The van der Waals surface area contributed by atoms with Gasteiger partial charge in [0.1, 0.15) is 0 Å². The van der Waals surface area contributed by atoms with E-state index in [0.29, 0.717) is 16.8 Å². The van der Waals surface area contributed by atoms with Crippen LogP contribution in [0.4, 0.5) is 0 Å². The van der Waals surface area contributed by atoms with Gasteiger partial charge >= 0.3 is 0 Å². The zero-order chi connectivity index (χ0) is 15.5. The van der Waals surface area contributed by atoms with Crippen LogP contribution in [-0.4, -0.2) is 52.5 Å². The average molecular weight is 319 g/mol. The Kier molecular flexibility index (Phi) is 4.40. The molecule has 6 nitrogen and oxygen atoms in total. The number of nitrogens with zero attached hydrogens (tertiary/aromatic N) is 3. The van der Waals surface area contributed by atoms with Crippen LogP contribution in [0.2, 0.25) is 5.15 Å². The Morgan fingerprint density at radius 3 is 2.95 bits per heavy atom. The van der Waals surface area contributed by atoms with Gasteiger partial charge in [-0.3, -0.25) is 0 Å². The lowest BCUT2D eigenvalue weighted by atomic mass is 10.0. The number of nitrogens with one attached hydrogen (secondary N) is 3. The van der Waals surface area contributed by atoms with Gasteiger partial charge in [0.2, 0.25) is 0 Å².